The van der Waals surface area contributed by atoms with Gasteiger partial charge in [0.15, 0.2) is 5.78 Å². The van der Waals surface area contributed by atoms with E-state index in [-0.39, 0.29) is 22.3 Å². The van der Waals surface area contributed by atoms with Crippen molar-refractivity contribution in [1.29, 1.82) is 0 Å². The number of halogens is 2. The highest BCUT2D eigenvalue weighted by Gasteiger charge is 2.16. The first-order valence-electron chi connectivity index (χ1n) is 3.44. The number of hydrogen-bond acceptors (Lipinski definition) is 3. The van der Waals surface area contributed by atoms with Crippen molar-refractivity contribution < 1.29 is 14.3 Å². The standard InChI is InChI=1S/C8H7BrFNO2/c9-3-6(13)7-5(12)2-1-4(10)8(7)11/h1-2,12H,3,11H2. The molecular weight excluding hydrogens is 241 g/mol. The number of aromatic hydroxyl groups is 1. The van der Waals surface area contributed by atoms with Gasteiger partial charge in [-0.1, -0.05) is 15.9 Å². The Morgan fingerprint density at radius 2 is 2.23 bits per heavy atom. The highest BCUT2D eigenvalue weighted by Crippen LogP contribution is 2.26. The summed E-state index contributed by atoms with van der Waals surface area (Å²) >= 11 is 2.91. The van der Waals surface area contributed by atoms with Crippen LogP contribution in [0.1, 0.15) is 10.4 Å². The topological polar surface area (TPSA) is 63.3 Å². The number of benzene rings is 1. The molecule has 0 aliphatic heterocycles. The van der Waals surface area contributed by atoms with E-state index >= 15 is 0 Å². The largest absolute Gasteiger partial charge is 0.507 e. The van der Waals surface area contributed by atoms with Gasteiger partial charge in [-0.15, -0.1) is 0 Å². The molecule has 0 saturated heterocycles. The zero-order valence-electron chi connectivity index (χ0n) is 6.55. The van der Waals surface area contributed by atoms with Crippen molar-refractivity contribution in [2.45, 2.75) is 0 Å². The highest BCUT2D eigenvalue weighted by atomic mass is 79.9. The van der Waals surface area contributed by atoms with Gasteiger partial charge in [0.25, 0.3) is 0 Å². The number of Topliss-reactive ketones (excluding diaryl/α,β-unsaturated/α-hetero) is 1. The molecule has 1 rings (SSSR count). The minimum atomic E-state index is -0.706. The Labute approximate surface area is 82.5 Å². The van der Waals surface area contributed by atoms with Crippen LogP contribution in [0.3, 0.4) is 0 Å². The third kappa shape index (κ3) is 1.80. The van der Waals surface area contributed by atoms with E-state index in [2.05, 4.69) is 15.9 Å². The number of carbonyl (C=O) groups excluding carboxylic acids is 1. The van der Waals surface area contributed by atoms with Crippen molar-refractivity contribution >= 4 is 27.4 Å². The first-order chi connectivity index (χ1) is 6.07. The van der Waals surface area contributed by atoms with Crippen LogP contribution in [0.4, 0.5) is 10.1 Å². The molecule has 0 unspecified atom stereocenters. The maximum Gasteiger partial charge on any atom is 0.179 e. The predicted octanol–water partition coefficient (Wildman–Crippen LogP) is 1.69. The second kappa shape index (κ2) is 3.74. The van der Waals surface area contributed by atoms with E-state index < -0.39 is 11.6 Å². The van der Waals surface area contributed by atoms with Crippen LogP contribution < -0.4 is 5.73 Å². The van der Waals surface area contributed by atoms with Gasteiger partial charge in [-0.3, -0.25) is 4.79 Å². The Hall–Kier alpha value is -1.10. The minimum Gasteiger partial charge on any atom is -0.507 e. The number of hydrogen-bond donors (Lipinski definition) is 2. The van der Waals surface area contributed by atoms with Gasteiger partial charge in [-0.25, -0.2) is 4.39 Å². The van der Waals surface area contributed by atoms with Crippen molar-refractivity contribution in [3.8, 4) is 5.75 Å². The van der Waals surface area contributed by atoms with Gasteiger partial charge in [0.2, 0.25) is 0 Å². The lowest BCUT2D eigenvalue weighted by atomic mass is 10.1. The molecule has 0 aliphatic carbocycles. The molecular formula is C8H7BrFNO2. The summed E-state index contributed by atoms with van der Waals surface area (Å²) in [6, 6.07) is 2.11. The van der Waals surface area contributed by atoms with E-state index in [1.165, 1.54) is 0 Å². The Morgan fingerprint density at radius 3 is 2.77 bits per heavy atom. The third-order valence-electron chi connectivity index (χ3n) is 1.57. The molecule has 13 heavy (non-hydrogen) atoms. The number of phenols is 1. The molecule has 1 aromatic rings. The molecule has 0 radical (unpaired) electrons. The molecule has 3 nitrogen and oxygen atoms in total. The SMILES string of the molecule is Nc1c(F)ccc(O)c1C(=O)CBr. The van der Waals surface area contributed by atoms with Crippen LogP contribution in [0, 0.1) is 5.82 Å². The van der Waals surface area contributed by atoms with Crippen LogP contribution in [0.25, 0.3) is 0 Å². The number of ketones is 1. The molecule has 5 heteroatoms. The van der Waals surface area contributed by atoms with Gasteiger partial charge in [-0.05, 0) is 12.1 Å². The van der Waals surface area contributed by atoms with E-state index in [0.29, 0.717) is 0 Å². The molecule has 0 heterocycles. The van der Waals surface area contributed by atoms with Gasteiger partial charge in [0.05, 0.1) is 16.6 Å². The molecule has 0 amide bonds. The van der Waals surface area contributed by atoms with Crippen molar-refractivity contribution in [1.82, 2.24) is 0 Å². The van der Waals surface area contributed by atoms with Gasteiger partial charge < -0.3 is 10.8 Å². The van der Waals surface area contributed by atoms with Crippen LogP contribution in [0.2, 0.25) is 0 Å². The van der Waals surface area contributed by atoms with E-state index in [1.807, 2.05) is 0 Å². The van der Waals surface area contributed by atoms with Gasteiger partial charge in [0, 0.05) is 0 Å². The van der Waals surface area contributed by atoms with Crippen LogP contribution >= 0.6 is 15.9 Å². The zero-order chi connectivity index (χ0) is 10.0. The third-order valence-corrected chi connectivity index (χ3v) is 2.08. The van der Waals surface area contributed by atoms with Crippen molar-refractivity contribution in [3.05, 3.63) is 23.5 Å². The summed E-state index contributed by atoms with van der Waals surface area (Å²) in [5.74, 6) is -1.46. The number of nitrogens with two attached hydrogens (primary N) is 1. The van der Waals surface area contributed by atoms with E-state index in [4.69, 9.17) is 5.73 Å². The summed E-state index contributed by atoms with van der Waals surface area (Å²) in [6.45, 7) is 0. The maximum absolute atomic E-state index is 12.9. The lowest BCUT2D eigenvalue weighted by Crippen LogP contribution is -2.06. The van der Waals surface area contributed by atoms with Crippen molar-refractivity contribution in [3.63, 3.8) is 0 Å². The summed E-state index contributed by atoms with van der Waals surface area (Å²) in [5, 5.41) is 9.22. The van der Waals surface area contributed by atoms with E-state index in [9.17, 15) is 14.3 Å². The Bertz CT molecular complexity index is 354. The summed E-state index contributed by atoms with van der Waals surface area (Å²) in [6.07, 6.45) is 0. The fourth-order valence-electron chi connectivity index (χ4n) is 0.942. The zero-order valence-corrected chi connectivity index (χ0v) is 8.14. The first-order valence-corrected chi connectivity index (χ1v) is 4.56. The fraction of sp³-hybridized carbons (Fsp3) is 0.125. The lowest BCUT2D eigenvalue weighted by molar-refractivity contribution is 0.102. The molecule has 0 saturated carbocycles. The number of rotatable bonds is 2. The Morgan fingerprint density at radius 1 is 1.62 bits per heavy atom. The monoisotopic (exact) mass is 247 g/mol. The average molecular weight is 248 g/mol. The molecule has 0 bridgehead atoms. The molecule has 0 spiro atoms. The van der Waals surface area contributed by atoms with Crippen LogP contribution in [0.15, 0.2) is 12.1 Å². The maximum atomic E-state index is 12.9. The quantitative estimate of drug-likeness (QED) is 0.475. The fourth-order valence-corrected chi connectivity index (χ4v) is 1.22. The second-order valence-electron chi connectivity index (χ2n) is 2.41. The summed E-state index contributed by atoms with van der Waals surface area (Å²) in [5.41, 5.74) is 4.80. The first kappa shape index (κ1) is 9.98. The summed E-state index contributed by atoms with van der Waals surface area (Å²) in [7, 11) is 0. The molecule has 1 aromatic carbocycles. The molecule has 70 valence electrons. The number of phenolic OH excluding ortho intramolecular Hbond substituents is 1. The molecule has 0 fully saturated rings. The van der Waals surface area contributed by atoms with Crippen LogP contribution in [-0.2, 0) is 0 Å². The number of alkyl halides is 1. The van der Waals surface area contributed by atoms with Crippen LogP contribution in [0.5, 0.6) is 5.75 Å². The number of carbonyl (C=O) groups is 1. The Balaban J connectivity index is 3.33. The van der Waals surface area contributed by atoms with Gasteiger partial charge in [0.1, 0.15) is 11.6 Å². The lowest BCUT2D eigenvalue weighted by Gasteiger charge is -2.05. The van der Waals surface area contributed by atoms with Crippen molar-refractivity contribution in [2.75, 3.05) is 11.1 Å². The smallest absolute Gasteiger partial charge is 0.179 e. The normalized spacial score (nSPS) is 10.0. The van der Waals surface area contributed by atoms with E-state index in [1.54, 1.807) is 0 Å². The van der Waals surface area contributed by atoms with Crippen molar-refractivity contribution in [2.24, 2.45) is 0 Å². The molecule has 0 atom stereocenters. The Kier molecular flexibility index (Phi) is 2.87. The summed E-state index contributed by atoms with van der Waals surface area (Å²) in [4.78, 5) is 11.2. The predicted molar refractivity (Wildman–Crippen MR) is 50.6 cm³/mol. The average Bonchev–Trinajstić information content (AvgIpc) is 2.12. The minimum absolute atomic E-state index is 0.00574. The number of anilines is 1. The van der Waals surface area contributed by atoms with Gasteiger partial charge in [-0.2, -0.15) is 0 Å². The summed E-state index contributed by atoms with van der Waals surface area (Å²) < 4.78 is 12.9. The molecule has 0 aliphatic rings. The number of nitrogen functional groups attached to an aromatic ring is 1. The van der Waals surface area contributed by atoms with Gasteiger partial charge >= 0.3 is 0 Å². The molecule has 3 N–H and O–H groups in total. The van der Waals surface area contributed by atoms with E-state index in [0.717, 1.165) is 12.1 Å². The highest BCUT2D eigenvalue weighted by molar-refractivity contribution is 9.09. The second-order valence-corrected chi connectivity index (χ2v) is 2.97. The molecule has 0 aromatic heterocycles. The van der Waals surface area contributed by atoms with Crippen LogP contribution in [-0.4, -0.2) is 16.2 Å².